The highest BCUT2D eigenvalue weighted by molar-refractivity contribution is 6.34. The van der Waals surface area contributed by atoms with Crippen molar-refractivity contribution >= 4 is 23.2 Å². The number of aromatic amines is 1. The highest BCUT2D eigenvalue weighted by Gasteiger charge is 2.07. The number of hydrogen-bond acceptors (Lipinski definition) is 3. The molecule has 1 heterocycles. The summed E-state index contributed by atoms with van der Waals surface area (Å²) in [5, 5.41) is 3.51. The number of imidazole rings is 1. The fraction of sp³-hybridized carbons (Fsp3) is 0.167. The first-order valence-electron chi connectivity index (χ1n) is 5.40. The van der Waals surface area contributed by atoms with Gasteiger partial charge in [0.1, 0.15) is 5.82 Å². The summed E-state index contributed by atoms with van der Waals surface area (Å²) in [5.41, 5.74) is 7.29. The van der Waals surface area contributed by atoms with E-state index in [-0.39, 0.29) is 0 Å². The van der Waals surface area contributed by atoms with E-state index < -0.39 is 5.91 Å². The lowest BCUT2D eigenvalue weighted by Crippen LogP contribution is -2.11. The SMILES string of the molecule is Cc1ncc(CNc2ccc(C(N)=O)c(Cl)c2)[nH]1. The molecule has 5 nitrogen and oxygen atoms in total. The summed E-state index contributed by atoms with van der Waals surface area (Å²) in [6.45, 7) is 2.50. The van der Waals surface area contributed by atoms with Crippen LogP contribution in [0.1, 0.15) is 21.9 Å². The van der Waals surface area contributed by atoms with Crippen LogP contribution in [0, 0.1) is 6.92 Å². The van der Waals surface area contributed by atoms with Crippen molar-refractivity contribution in [2.24, 2.45) is 5.73 Å². The Labute approximate surface area is 109 Å². The van der Waals surface area contributed by atoms with Gasteiger partial charge in [0.05, 0.1) is 29.0 Å². The molecule has 0 atom stereocenters. The molecule has 0 saturated heterocycles. The second-order valence-electron chi connectivity index (χ2n) is 3.91. The van der Waals surface area contributed by atoms with E-state index in [0.29, 0.717) is 17.1 Å². The van der Waals surface area contributed by atoms with Crippen LogP contribution in [0.5, 0.6) is 0 Å². The molecule has 0 radical (unpaired) electrons. The maximum absolute atomic E-state index is 11.0. The van der Waals surface area contributed by atoms with Gasteiger partial charge in [0.15, 0.2) is 0 Å². The largest absolute Gasteiger partial charge is 0.379 e. The highest BCUT2D eigenvalue weighted by Crippen LogP contribution is 2.20. The molecule has 6 heteroatoms. The molecule has 94 valence electrons. The van der Waals surface area contributed by atoms with Gasteiger partial charge >= 0.3 is 0 Å². The molecule has 4 N–H and O–H groups in total. The number of nitrogens with zero attached hydrogens (tertiary/aromatic N) is 1. The molecule has 0 unspecified atom stereocenters. The molecule has 0 saturated carbocycles. The Morgan fingerprint density at radius 3 is 2.89 bits per heavy atom. The van der Waals surface area contributed by atoms with Gasteiger partial charge in [-0.1, -0.05) is 11.6 Å². The van der Waals surface area contributed by atoms with Crippen LogP contribution >= 0.6 is 11.6 Å². The fourth-order valence-electron chi connectivity index (χ4n) is 1.58. The van der Waals surface area contributed by atoms with Gasteiger partial charge < -0.3 is 16.0 Å². The maximum atomic E-state index is 11.0. The smallest absolute Gasteiger partial charge is 0.250 e. The number of amides is 1. The first kappa shape index (κ1) is 12.4. The van der Waals surface area contributed by atoms with Crippen LogP contribution in [-0.2, 0) is 6.54 Å². The number of carbonyl (C=O) groups excluding carboxylic acids is 1. The Morgan fingerprint density at radius 1 is 1.56 bits per heavy atom. The molecule has 0 spiro atoms. The lowest BCUT2D eigenvalue weighted by molar-refractivity contribution is 0.100. The summed E-state index contributed by atoms with van der Waals surface area (Å²) in [6, 6.07) is 5.03. The van der Waals surface area contributed by atoms with Crippen molar-refractivity contribution in [1.29, 1.82) is 0 Å². The van der Waals surface area contributed by atoms with Gasteiger partial charge in [-0.2, -0.15) is 0 Å². The number of aromatic nitrogens is 2. The fourth-order valence-corrected chi connectivity index (χ4v) is 1.86. The Morgan fingerprint density at radius 2 is 2.33 bits per heavy atom. The minimum atomic E-state index is -0.532. The molecular formula is C12H13ClN4O. The molecule has 18 heavy (non-hydrogen) atoms. The van der Waals surface area contributed by atoms with Crippen LogP contribution in [0.25, 0.3) is 0 Å². The molecule has 2 aromatic rings. The zero-order valence-electron chi connectivity index (χ0n) is 9.83. The third-order valence-corrected chi connectivity index (χ3v) is 2.79. The van der Waals surface area contributed by atoms with Crippen LogP contribution < -0.4 is 11.1 Å². The van der Waals surface area contributed by atoms with Crippen molar-refractivity contribution in [3.63, 3.8) is 0 Å². The second kappa shape index (κ2) is 5.10. The third-order valence-electron chi connectivity index (χ3n) is 2.47. The topological polar surface area (TPSA) is 83.8 Å². The van der Waals surface area contributed by atoms with Crippen molar-refractivity contribution in [3.05, 3.63) is 46.5 Å². The van der Waals surface area contributed by atoms with E-state index in [2.05, 4.69) is 15.3 Å². The molecule has 0 bridgehead atoms. The lowest BCUT2D eigenvalue weighted by atomic mass is 10.2. The number of nitrogens with one attached hydrogen (secondary N) is 2. The molecule has 2 rings (SSSR count). The van der Waals surface area contributed by atoms with E-state index in [1.54, 1.807) is 24.4 Å². The van der Waals surface area contributed by atoms with E-state index in [1.807, 2.05) is 6.92 Å². The number of nitrogens with two attached hydrogens (primary N) is 1. The lowest BCUT2D eigenvalue weighted by Gasteiger charge is -2.07. The number of carbonyl (C=O) groups is 1. The normalized spacial score (nSPS) is 10.3. The number of rotatable bonds is 4. The van der Waals surface area contributed by atoms with Crippen molar-refractivity contribution < 1.29 is 4.79 Å². The van der Waals surface area contributed by atoms with Gasteiger partial charge in [-0.3, -0.25) is 4.79 Å². The molecule has 0 aliphatic heterocycles. The quantitative estimate of drug-likeness (QED) is 0.790. The third kappa shape index (κ3) is 2.81. The Bertz CT molecular complexity index is 579. The Balaban J connectivity index is 2.06. The first-order valence-corrected chi connectivity index (χ1v) is 5.78. The van der Waals surface area contributed by atoms with E-state index in [1.165, 1.54) is 0 Å². The summed E-state index contributed by atoms with van der Waals surface area (Å²) in [7, 11) is 0. The van der Waals surface area contributed by atoms with Crippen molar-refractivity contribution in [2.45, 2.75) is 13.5 Å². The molecular weight excluding hydrogens is 252 g/mol. The number of primary amides is 1. The van der Waals surface area contributed by atoms with Gasteiger partial charge in [-0.15, -0.1) is 0 Å². The number of H-pyrrole nitrogens is 1. The zero-order chi connectivity index (χ0) is 13.1. The highest BCUT2D eigenvalue weighted by atomic mass is 35.5. The minimum Gasteiger partial charge on any atom is -0.379 e. The second-order valence-corrected chi connectivity index (χ2v) is 4.31. The Hall–Kier alpha value is -2.01. The summed E-state index contributed by atoms with van der Waals surface area (Å²) < 4.78 is 0. The molecule has 1 aromatic heterocycles. The van der Waals surface area contributed by atoms with Crippen LogP contribution in [0.4, 0.5) is 5.69 Å². The van der Waals surface area contributed by atoms with E-state index in [0.717, 1.165) is 17.2 Å². The summed E-state index contributed by atoms with van der Waals surface area (Å²) in [4.78, 5) is 18.2. The molecule has 1 amide bonds. The predicted octanol–water partition coefficient (Wildman–Crippen LogP) is 2.08. The number of benzene rings is 1. The van der Waals surface area contributed by atoms with Crippen molar-refractivity contribution in [3.8, 4) is 0 Å². The number of anilines is 1. The van der Waals surface area contributed by atoms with Gasteiger partial charge in [0, 0.05) is 5.69 Å². The minimum absolute atomic E-state index is 0.319. The Kier molecular flexibility index (Phi) is 3.53. The first-order chi connectivity index (χ1) is 8.56. The molecule has 1 aromatic carbocycles. The predicted molar refractivity (Wildman–Crippen MR) is 70.6 cm³/mol. The van der Waals surface area contributed by atoms with Crippen molar-refractivity contribution in [2.75, 3.05) is 5.32 Å². The average molecular weight is 265 g/mol. The summed E-state index contributed by atoms with van der Waals surface area (Å²) in [6.07, 6.45) is 1.77. The molecule has 0 aliphatic carbocycles. The molecule has 0 aliphatic rings. The number of halogens is 1. The summed E-state index contributed by atoms with van der Waals surface area (Å²) in [5.74, 6) is 0.338. The number of hydrogen-bond donors (Lipinski definition) is 3. The maximum Gasteiger partial charge on any atom is 0.250 e. The number of aryl methyl sites for hydroxylation is 1. The van der Waals surface area contributed by atoms with Crippen LogP contribution in [-0.4, -0.2) is 15.9 Å². The van der Waals surface area contributed by atoms with E-state index >= 15 is 0 Å². The van der Waals surface area contributed by atoms with Gasteiger partial charge in [0.25, 0.3) is 0 Å². The summed E-state index contributed by atoms with van der Waals surface area (Å²) >= 11 is 5.95. The van der Waals surface area contributed by atoms with E-state index in [9.17, 15) is 4.79 Å². The van der Waals surface area contributed by atoms with Crippen LogP contribution in [0.15, 0.2) is 24.4 Å². The average Bonchev–Trinajstić information content (AvgIpc) is 2.72. The van der Waals surface area contributed by atoms with E-state index in [4.69, 9.17) is 17.3 Å². The zero-order valence-corrected chi connectivity index (χ0v) is 10.6. The van der Waals surface area contributed by atoms with Gasteiger partial charge in [0.2, 0.25) is 5.91 Å². The van der Waals surface area contributed by atoms with Crippen LogP contribution in [0.2, 0.25) is 5.02 Å². The molecule has 0 fully saturated rings. The monoisotopic (exact) mass is 264 g/mol. The van der Waals surface area contributed by atoms with Gasteiger partial charge in [-0.25, -0.2) is 4.98 Å². The van der Waals surface area contributed by atoms with Crippen LogP contribution in [0.3, 0.4) is 0 Å². The van der Waals surface area contributed by atoms with Crippen molar-refractivity contribution in [1.82, 2.24) is 9.97 Å². The van der Waals surface area contributed by atoms with Gasteiger partial charge in [-0.05, 0) is 25.1 Å². The standard InChI is InChI=1S/C12H13ClN4O/c1-7-15-5-9(17-7)6-16-8-2-3-10(12(14)18)11(13)4-8/h2-5,16H,6H2,1H3,(H2,14,18)(H,15,17).